The first-order valence-corrected chi connectivity index (χ1v) is 14.9. The Morgan fingerprint density at radius 1 is 0.909 bits per heavy atom. The maximum absolute atomic E-state index is 2.62. The van der Waals surface area contributed by atoms with Crippen molar-refractivity contribution in [3.8, 4) is 0 Å². The molecule has 1 nitrogen and oxygen atoms in total. The third-order valence-corrected chi connectivity index (χ3v) is 8.04. The molecule has 0 rings (SSSR count). The van der Waals surface area contributed by atoms with Crippen LogP contribution in [0.15, 0.2) is 0 Å². The fourth-order valence-corrected chi connectivity index (χ4v) is 12.4. The second kappa shape index (κ2) is 5.30. The van der Waals surface area contributed by atoms with Crippen LogP contribution in [-0.4, -0.2) is 17.4 Å². The van der Waals surface area contributed by atoms with Crippen molar-refractivity contribution < 1.29 is 0 Å². The molecule has 0 unspecified atom stereocenters. The molecular weight excluding hydrogens is 495 g/mol. The van der Waals surface area contributed by atoms with Crippen molar-refractivity contribution in [2.75, 3.05) is 0 Å². The summed E-state index contributed by atoms with van der Waals surface area (Å²) in [6, 6.07) is 1.35. The molecule has 0 saturated heterocycles. The first kappa shape index (κ1) is 13.4. The molecule has 0 aromatic carbocycles. The van der Waals surface area contributed by atoms with Gasteiger partial charge in [-0.25, -0.2) is 0 Å². The molecule has 0 radical (unpaired) electrons. The molecule has 0 saturated carbocycles. The van der Waals surface area contributed by atoms with Gasteiger partial charge in [-0.3, -0.25) is 4.57 Å². The lowest BCUT2D eigenvalue weighted by molar-refractivity contribution is 0.317. The first-order valence-electron chi connectivity index (χ1n) is 3.62. The lowest BCUT2D eigenvalue weighted by atomic mass is 10.3. The van der Waals surface area contributed by atoms with Gasteiger partial charge in [-0.2, -0.15) is 0 Å². The summed E-state index contributed by atoms with van der Waals surface area (Å²) in [5.41, 5.74) is 0. The van der Waals surface area contributed by atoms with E-state index in [2.05, 4.69) is 97.7 Å². The maximum Gasteiger partial charge on any atom is 0.329 e. The summed E-state index contributed by atoms with van der Waals surface area (Å²) in [5, 5.41) is 0. The molecule has 0 aliphatic heterocycles. The van der Waals surface area contributed by atoms with E-state index in [0.29, 0.717) is 12.1 Å². The van der Waals surface area contributed by atoms with Crippen LogP contribution in [0.3, 0.4) is 0 Å². The highest BCUT2D eigenvalue weighted by atomic mass is 127. The highest BCUT2D eigenvalue weighted by molar-refractivity contribution is 14.4. The summed E-state index contributed by atoms with van der Waals surface area (Å²) >= 11 is 7.82. The molecular formula is C6H14I3NSi. The molecule has 0 aliphatic carbocycles. The van der Waals surface area contributed by atoms with Gasteiger partial charge in [0.25, 0.3) is 0 Å². The molecule has 0 bridgehead atoms. The standard InChI is InChI=1S/C6H14I3NSi/c1-5(2)10(6(3)4)11(7,8)9/h5-6H,1-4H3. The molecule has 5 heteroatoms. The Bertz CT molecular complexity index is 113. The summed E-state index contributed by atoms with van der Waals surface area (Å²) in [6.07, 6.45) is 0. The van der Waals surface area contributed by atoms with Gasteiger partial charge in [-0.05, 0) is 12.1 Å². The summed E-state index contributed by atoms with van der Waals surface area (Å²) < 4.78 is 1.45. The van der Waals surface area contributed by atoms with E-state index < -0.39 is 0.725 Å². The third kappa shape index (κ3) is 4.96. The molecule has 0 atom stereocenters. The average Bonchev–Trinajstić information content (AvgIpc) is 1.54. The van der Waals surface area contributed by atoms with E-state index >= 15 is 0 Å². The molecule has 0 amide bonds. The van der Waals surface area contributed by atoms with Crippen LogP contribution in [-0.2, 0) is 0 Å². The zero-order valence-corrected chi connectivity index (χ0v) is 14.7. The van der Waals surface area contributed by atoms with Crippen molar-refractivity contribution >= 4 is 66.1 Å². The van der Waals surface area contributed by atoms with Crippen LogP contribution < -0.4 is 0 Å². The van der Waals surface area contributed by atoms with Gasteiger partial charge in [0, 0.05) is 0 Å². The van der Waals surface area contributed by atoms with E-state index in [4.69, 9.17) is 0 Å². The Kier molecular flexibility index (Phi) is 6.44. The van der Waals surface area contributed by atoms with E-state index in [-0.39, 0.29) is 0 Å². The average molecular weight is 509 g/mol. The number of nitrogens with zero attached hydrogens (tertiary/aromatic N) is 1. The van der Waals surface area contributed by atoms with Crippen molar-refractivity contribution in [3.05, 3.63) is 0 Å². The van der Waals surface area contributed by atoms with Crippen molar-refractivity contribution in [1.82, 2.24) is 4.57 Å². The van der Waals surface area contributed by atoms with Crippen molar-refractivity contribution in [1.29, 1.82) is 0 Å². The predicted octanol–water partition coefficient (Wildman–Crippen LogP) is 3.85. The minimum absolute atomic E-state index is 0.673. The van der Waals surface area contributed by atoms with Gasteiger partial charge in [0.1, 0.15) is 0 Å². The van der Waals surface area contributed by atoms with Crippen LogP contribution in [0.25, 0.3) is 0 Å². The van der Waals surface area contributed by atoms with Crippen molar-refractivity contribution in [3.63, 3.8) is 0 Å². The van der Waals surface area contributed by atoms with Crippen LogP contribution in [0.5, 0.6) is 0 Å². The Morgan fingerprint density at radius 3 is 1.18 bits per heavy atom. The van der Waals surface area contributed by atoms with Gasteiger partial charge in [-0.1, -0.05) is 93.1 Å². The molecule has 0 fully saturated rings. The molecule has 11 heavy (non-hydrogen) atoms. The molecule has 0 heterocycles. The van der Waals surface area contributed by atoms with Gasteiger partial charge in [0.2, 0.25) is 0 Å². The van der Waals surface area contributed by atoms with Crippen LogP contribution in [0, 0.1) is 0 Å². The van der Waals surface area contributed by atoms with Crippen molar-refractivity contribution in [2.45, 2.75) is 39.8 Å². The fourth-order valence-electron chi connectivity index (χ4n) is 1.18. The van der Waals surface area contributed by atoms with Gasteiger partial charge in [-0.15, -0.1) is 0 Å². The Hall–Kier alpha value is 2.37. The second-order valence-electron chi connectivity index (χ2n) is 3.06. The van der Waals surface area contributed by atoms with Crippen LogP contribution >= 0.6 is 65.4 Å². The predicted molar refractivity (Wildman–Crippen MR) is 79.9 cm³/mol. The molecule has 0 aromatic heterocycles. The van der Waals surface area contributed by atoms with E-state index in [1.54, 1.807) is 0 Å². The van der Waals surface area contributed by atoms with Crippen LogP contribution in [0.4, 0.5) is 0 Å². The van der Waals surface area contributed by atoms with Crippen LogP contribution in [0.1, 0.15) is 27.7 Å². The minimum Gasteiger partial charge on any atom is -0.296 e. The smallest absolute Gasteiger partial charge is 0.296 e. The number of halogens is 3. The van der Waals surface area contributed by atoms with Gasteiger partial charge in [0.05, 0.1) is 0 Å². The molecule has 0 aromatic rings. The Labute approximate surface area is 109 Å². The van der Waals surface area contributed by atoms with E-state index in [0.717, 1.165) is 0 Å². The summed E-state index contributed by atoms with van der Waals surface area (Å²) in [5.74, 6) is 0. The summed E-state index contributed by atoms with van der Waals surface area (Å²) in [4.78, 5) is 0. The van der Waals surface area contributed by atoms with Crippen molar-refractivity contribution in [2.24, 2.45) is 0 Å². The van der Waals surface area contributed by atoms with Gasteiger partial charge >= 0.3 is 0.725 Å². The zero-order valence-electron chi connectivity index (χ0n) is 7.24. The monoisotopic (exact) mass is 509 g/mol. The summed E-state index contributed by atoms with van der Waals surface area (Å²) in [7, 11) is 0. The molecule has 0 N–H and O–H groups in total. The maximum atomic E-state index is 2.62. The minimum atomic E-state index is -1.17. The zero-order chi connectivity index (χ0) is 9.23. The van der Waals surface area contributed by atoms with E-state index in [1.165, 1.54) is 0 Å². The largest absolute Gasteiger partial charge is 0.329 e. The summed E-state index contributed by atoms with van der Waals surface area (Å²) in [6.45, 7) is 9.10. The highest BCUT2D eigenvalue weighted by Gasteiger charge is 2.34. The quantitative estimate of drug-likeness (QED) is 0.318. The SMILES string of the molecule is CC(C)N(C(C)C)[Si](I)(I)I. The molecule has 68 valence electrons. The normalized spacial score (nSPS) is 13.6. The topological polar surface area (TPSA) is 3.24 Å². The molecule has 0 aliphatic rings. The van der Waals surface area contributed by atoms with E-state index in [9.17, 15) is 0 Å². The third-order valence-electron chi connectivity index (χ3n) is 1.41. The number of hydrogen-bond acceptors (Lipinski definition) is 1. The fraction of sp³-hybridized carbons (Fsp3) is 1.00. The highest BCUT2D eigenvalue weighted by Crippen LogP contribution is 2.36. The van der Waals surface area contributed by atoms with Gasteiger partial charge < -0.3 is 0 Å². The van der Waals surface area contributed by atoms with Crippen LogP contribution in [0.2, 0.25) is 0 Å². The Morgan fingerprint density at radius 2 is 1.18 bits per heavy atom. The molecule has 0 spiro atoms. The first-order chi connectivity index (χ1) is 4.76. The lowest BCUT2D eigenvalue weighted by Gasteiger charge is -2.36. The Balaban J connectivity index is 4.35. The van der Waals surface area contributed by atoms with E-state index in [1.807, 2.05) is 0 Å². The van der Waals surface area contributed by atoms with Gasteiger partial charge in [0.15, 0.2) is 0 Å². The number of rotatable bonds is 3. The number of hydrogen-bond donors (Lipinski definition) is 0. The second-order valence-corrected chi connectivity index (χ2v) is 37.1. The lowest BCUT2D eigenvalue weighted by Crippen LogP contribution is -2.47.